The highest BCUT2D eigenvalue weighted by molar-refractivity contribution is 5.96. The molecule has 0 atom stereocenters. The molecule has 1 aliphatic rings. The summed E-state index contributed by atoms with van der Waals surface area (Å²) in [5.41, 5.74) is 1.34. The van der Waals surface area contributed by atoms with E-state index in [4.69, 9.17) is 4.74 Å². The van der Waals surface area contributed by atoms with Gasteiger partial charge in [0.1, 0.15) is 11.6 Å². The lowest BCUT2D eigenvalue weighted by molar-refractivity contribution is 0.0735. The van der Waals surface area contributed by atoms with Crippen LogP contribution in [-0.2, 0) is 13.0 Å². The van der Waals surface area contributed by atoms with Crippen LogP contribution in [0.4, 0.5) is 0 Å². The first-order chi connectivity index (χ1) is 13.5. The van der Waals surface area contributed by atoms with Crippen LogP contribution >= 0.6 is 0 Å². The summed E-state index contributed by atoms with van der Waals surface area (Å²) in [6.07, 6.45) is 3.84. The van der Waals surface area contributed by atoms with Crippen molar-refractivity contribution >= 4 is 22.7 Å². The van der Waals surface area contributed by atoms with E-state index in [0.29, 0.717) is 34.3 Å². The van der Waals surface area contributed by atoms with Crippen molar-refractivity contribution in [1.29, 1.82) is 0 Å². The van der Waals surface area contributed by atoms with Gasteiger partial charge in [0, 0.05) is 18.5 Å². The second-order valence-corrected chi connectivity index (χ2v) is 7.00. The van der Waals surface area contributed by atoms with Gasteiger partial charge < -0.3 is 4.74 Å². The first-order valence-corrected chi connectivity index (χ1v) is 9.39. The maximum absolute atomic E-state index is 12.8. The Balaban J connectivity index is 1.64. The van der Waals surface area contributed by atoms with Gasteiger partial charge >= 0.3 is 5.97 Å². The SMILES string of the molecule is CC(=O)c1ccc(OC(=O)c2ccc3c(=O)n4c(nc3c2)CCCCC4)cc1. The Morgan fingerprint density at radius 3 is 2.50 bits per heavy atom. The van der Waals surface area contributed by atoms with E-state index in [0.717, 1.165) is 31.5 Å². The zero-order valence-corrected chi connectivity index (χ0v) is 15.6. The summed E-state index contributed by atoms with van der Waals surface area (Å²) in [6, 6.07) is 11.2. The first-order valence-electron chi connectivity index (χ1n) is 9.39. The highest BCUT2D eigenvalue weighted by Gasteiger charge is 2.16. The fourth-order valence-corrected chi connectivity index (χ4v) is 3.47. The first kappa shape index (κ1) is 18.1. The van der Waals surface area contributed by atoms with Crippen molar-refractivity contribution in [3.8, 4) is 5.75 Å². The molecule has 0 fully saturated rings. The van der Waals surface area contributed by atoms with Crippen molar-refractivity contribution in [2.45, 2.75) is 39.2 Å². The Hall–Kier alpha value is -3.28. The molecule has 0 N–H and O–H groups in total. The van der Waals surface area contributed by atoms with E-state index in [-0.39, 0.29) is 11.3 Å². The zero-order valence-electron chi connectivity index (χ0n) is 15.6. The number of benzene rings is 2. The van der Waals surface area contributed by atoms with Gasteiger partial charge in [0.2, 0.25) is 0 Å². The monoisotopic (exact) mass is 376 g/mol. The van der Waals surface area contributed by atoms with E-state index in [1.807, 2.05) is 0 Å². The van der Waals surface area contributed by atoms with Crippen molar-refractivity contribution in [1.82, 2.24) is 9.55 Å². The summed E-state index contributed by atoms with van der Waals surface area (Å²) in [7, 11) is 0. The predicted molar refractivity (Wildman–Crippen MR) is 105 cm³/mol. The molecule has 0 unspecified atom stereocenters. The van der Waals surface area contributed by atoms with Gasteiger partial charge in [-0.25, -0.2) is 9.78 Å². The number of aryl methyl sites for hydroxylation is 1. The Morgan fingerprint density at radius 1 is 1.00 bits per heavy atom. The van der Waals surface area contributed by atoms with Crippen molar-refractivity contribution in [3.05, 3.63) is 69.8 Å². The van der Waals surface area contributed by atoms with Gasteiger partial charge in [0.15, 0.2) is 5.78 Å². The van der Waals surface area contributed by atoms with Crippen LogP contribution in [0, 0.1) is 0 Å². The number of ketones is 1. The normalized spacial score (nSPS) is 13.6. The number of fused-ring (bicyclic) bond motifs is 2. The number of carbonyl (C=O) groups excluding carboxylic acids is 2. The van der Waals surface area contributed by atoms with Crippen LogP contribution < -0.4 is 10.3 Å². The van der Waals surface area contributed by atoms with Crippen LogP contribution in [0.15, 0.2) is 47.3 Å². The number of hydrogen-bond donors (Lipinski definition) is 0. The second-order valence-electron chi connectivity index (χ2n) is 7.00. The Bertz CT molecular complexity index is 1130. The van der Waals surface area contributed by atoms with Crippen LogP contribution in [0.5, 0.6) is 5.75 Å². The number of ether oxygens (including phenoxy) is 1. The molecule has 1 aromatic heterocycles. The van der Waals surface area contributed by atoms with E-state index in [1.54, 1.807) is 47.0 Å². The molecule has 2 aromatic carbocycles. The molecule has 3 aromatic rings. The van der Waals surface area contributed by atoms with Crippen LogP contribution in [0.2, 0.25) is 0 Å². The lowest BCUT2D eigenvalue weighted by Gasteiger charge is -2.11. The Kier molecular flexibility index (Phi) is 4.77. The fraction of sp³-hybridized carbons (Fsp3) is 0.273. The number of rotatable bonds is 3. The number of carbonyl (C=O) groups is 2. The standard InChI is InChI=1S/C22H20N2O4/c1-14(25)15-6-9-17(10-7-15)28-22(27)16-8-11-18-19(13-16)23-20-5-3-2-4-12-24(20)21(18)26/h6-11,13H,2-5,12H2,1H3. The molecule has 6 nitrogen and oxygen atoms in total. The third-order valence-corrected chi connectivity index (χ3v) is 5.02. The number of nitrogens with zero attached hydrogens (tertiary/aromatic N) is 2. The topological polar surface area (TPSA) is 78.3 Å². The Labute approximate surface area is 161 Å². The quantitative estimate of drug-likeness (QED) is 0.397. The minimum absolute atomic E-state index is 0.0519. The lowest BCUT2D eigenvalue weighted by Crippen LogP contribution is -2.24. The smallest absolute Gasteiger partial charge is 0.343 e. The number of Topliss-reactive ketones (excluding diaryl/α,β-unsaturated/α-hetero) is 1. The van der Waals surface area contributed by atoms with Gasteiger partial charge in [-0.2, -0.15) is 0 Å². The van der Waals surface area contributed by atoms with E-state index >= 15 is 0 Å². The van der Waals surface area contributed by atoms with Gasteiger partial charge in [-0.3, -0.25) is 14.2 Å². The average Bonchev–Trinajstić information content (AvgIpc) is 2.94. The number of aromatic nitrogens is 2. The third-order valence-electron chi connectivity index (χ3n) is 5.02. The molecule has 0 saturated heterocycles. The van der Waals surface area contributed by atoms with Crippen molar-refractivity contribution in [3.63, 3.8) is 0 Å². The molecular weight excluding hydrogens is 356 g/mol. The minimum atomic E-state index is -0.533. The molecule has 2 heterocycles. The van der Waals surface area contributed by atoms with E-state index in [2.05, 4.69) is 4.98 Å². The molecule has 0 saturated carbocycles. The maximum atomic E-state index is 12.8. The van der Waals surface area contributed by atoms with Crippen LogP contribution in [0.25, 0.3) is 10.9 Å². The van der Waals surface area contributed by atoms with E-state index in [1.165, 1.54) is 6.92 Å². The lowest BCUT2D eigenvalue weighted by atomic mass is 10.1. The van der Waals surface area contributed by atoms with E-state index < -0.39 is 5.97 Å². The van der Waals surface area contributed by atoms with Crippen LogP contribution in [-0.4, -0.2) is 21.3 Å². The molecular formula is C22H20N2O4. The summed E-state index contributed by atoms with van der Waals surface area (Å²) in [5, 5.41) is 0.507. The minimum Gasteiger partial charge on any atom is -0.423 e. The largest absolute Gasteiger partial charge is 0.423 e. The number of esters is 1. The van der Waals surface area contributed by atoms with E-state index in [9.17, 15) is 14.4 Å². The molecule has 28 heavy (non-hydrogen) atoms. The van der Waals surface area contributed by atoms with Gasteiger partial charge in [0.25, 0.3) is 5.56 Å². The molecule has 0 spiro atoms. The van der Waals surface area contributed by atoms with Crippen molar-refractivity contribution in [2.24, 2.45) is 0 Å². The number of hydrogen-bond acceptors (Lipinski definition) is 5. The highest BCUT2D eigenvalue weighted by atomic mass is 16.5. The Morgan fingerprint density at radius 2 is 1.75 bits per heavy atom. The average molecular weight is 376 g/mol. The van der Waals surface area contributed by atoms with Crippen LogP contribution in [0.3, 0.4) is 0 Å². The zero-order chi connectivity index (χ0) is 19.7. The fourth-order valence-electron chi connectivity index (χ4n) is 3.47. The van der Waals surface area contributed by atoms with Gasteiger partial charge in [0.05, 0.1) is 16.5 Å². The van der Waals surface area contributed by atoms with Crippen LogP contribution in [0.1, 0.15) is 52.7 Å². The third kappa shape index (κ3) is 3.45. The molecule has 0 amide bonds. The molecule has 0 aliphatic carbocycles. The predicted octanol–water partition coefficient (Wildman–Crippen LogP) is 3.54. The molecule has 6 heteroatoms. The van der Waals surface area contributed by atoms with Gasteiger partial charge in [-0.15, -0.1) is 0 Å². The summed E-state index contributed by atoms with van der Waals surface area (Å²) in [4.78, 5) is 41.2. The molecule has 142 valence electrons. The summed E-state index contributed by atoms with van der Waals surface area (Å²) in [6.45, 7) is 2.17. The highest BCUT2D eigenvalue weighted by Crippen LogP contribution is 2.19. The van der Waals surface area contributed by atoms with Gasteiger partial charge in [-0.1, -0.05) is 6.42 Å². The maximum Gasteiger partial charge on any atom is 0.343 e. The molecule has 0 radical (unpaired) electrons. The molecule has 1 aliphatic heterocycles. The summed E-state index contributed by atoms with van der Waals surface area (Å²) in [5.74, 6) is 0.545. The van der Waals surface area contributed by atoms with Crippen molar-refractivity contribution in [2.75, 3.05) is 0 Å². The second kappa shape index (κ2) is 7.38. The summed E-state index contributed by atoms with van der Waals surface area (Å²) >= 11 is 0. The van der Waals surface area contributed by atoms with Gasteiger partial charge in [-0.05, 0) is 62.2 Å². The molecule has 4 rings (SSSR count). The van der Waals surface area contributed by atoms with Crippen molar-refractivity contribution < 1.29 is 14.3 Å². The summed E-state index contributed by atoms with van der Waals surface area (Å²) < 4.78 is 7.14. The molecule has 0 bridgehead atoms.